The van der Waals surface area contributed by atoms with E-state index in [1.165, 1.54) is 11.3 Å². The first kappa shape index (κ1) is 25.0. The van der Waals surface area contributed by atoms with Gasteiger partial charge < -0.3 is 19.5 Å². The lowest BCUT2D eigenvalue weighted by molar-refractivity contribution is -0.140. The van der Waals surface area contributed by atoms with Crippen molar-refractivity contribution in [3.05, 3.63) is 57.3 Å². The van der Waals surface area contributed by atoms with E-state index in [2.05, 4.69) is 13.8 Å². The van der Waals surface area contributed by atoms with Crippen LogP contribution < -0.4 is 4.74 Å². The van der Waals surface area contributed by atoms with Gasteiger partial charge in [-0.3, -0.25) is 9.59 Å². The van der Waals surface area contributed by atoms with Gasteiger partial charge in [0.1, 0.15) is 11.5 Å². The predicted octanol–water partition coefficient (Wildman–Crippen LogP) is 5.33. The van der Waals surface area contributed by atoms with E-state index in [-0.39, 0.29) is 17.4 Å². The number of aliphatic hydroxyl groups is 1. The van der Waals surface area contributed by atoms with Gasteiger partial charge in [0, 0.05) is 23.6 Å². The third kappa shape index (κ3) is 5.84. The highest BCUT2D eigenvalue weighted by Gasteiger charge is 2.46. The predicted molar refractivity (Wildman–Crippen MR) is 131 cm³/mol. The van der Waals surface area contributed by atoms with Crippen molar-refractivity contribution in [3.63, 3.8) is 0 Å². The molecule has 0 bridgehead atoms. The minimum Gasteiger partial charge on any atom is -0.507 e. The molecule has 33 heavy (non-hydrogen) atoms. The number of hydrogen-bond acceptors (Lipinski definition) is 6. The van der Waals surface area contributed by atoms with Crippen LogP contribution in [0.2, 0.25) is 0 Å². The number of carbonyl (C=O) groups is 2. The van der Waals surface area contributed by atoms with Gasteiger partial charge in [0.05, 0.1) is 24.3 Å². The second-order valence-corrected chi connectivity index (χ2v) is 9.91. The molecule has 0 radical (unpaired) electrons. The van der Waals surface area contributed by atoms with Crippen LogP contribution in [0.5, 0.6) is 5.75 Å². The number of amides is 1. The highest BCUT2D eigenvalue weighted by Crippen LogP contribution is 2.42. The Morgan fingerprint density at radius 2 is 1.82 bits per heavy atom. The average molecular weight is 472 g/mol. The highest BCUT2D eigenvalue weighted by atomic mass is 32.1. The number of ketones is 1. The molecule has 0 aliphatic carbocycles. The Labute approximate surface area is 199 Å². The highest BCUT2D eigenvalue weighted by molar-refractivity contribution is 7.10. The molecular formula is C26H33NO5S. The summed E-state index contributed by atoms with van der Waals surface area (Å²) in [7, 11) is 0. The first-order valence-corrected chi connectivity index (χ1v) is 12.3. The topological polar surface area (TPSA) is 76.1 Å². The maximum atomic E-state index is 13.1. The molecule has 1 saturated heterocycles. The fourth-order valence-electron chi connectivity index (χ4n) is 3.73. The monoisotopic (exact) mass is 471 g/mol. The molecule has 1 unspecified atom stereocenters. The summed E-state index contributed by atoms with van der Waals surface area (Å²) in [4.78, 5) is 28.5. The summed E-state index contributed by atoms with van der Waals surface area (Å²) in [5, 5.41) is 13.1. The van der Waals surface area contributed by atoms with E-state index in [1.807, 2.05) is 32.2 Å². The Balaban J connectivity index is 1.94. The number of nitrogens with zero attached hydrogens (tertiary/aromatic N) is 1. The zero-order valence-corrected chi connectivity index (χ0v) is 20.8. The number of Topliss-reactive ketones (excluding diaryl/α,β-unsaturated/α-hetero) is 1. The first-order valence-electron chi connectivity index (χ1n) is 11.4. The molecule has 1 aliphatic heterocycles. The lowest BCUT2D eigenvalue weighted by atomic mass is 9.98. The number of benzene rings is 1. The smallest absolute Gasteiger partial charge is 0.295 e. The molecule has 1 aromatic heterocycles. The normalized spacial score (nSPS) is 18.0. The molecule has 1 aromatic carbocycles. The Kier molecular flexibility index (Phi) is 8.32. The molecule has 1 atom stereocenters. The number of carbonyl (C=O) groups excluding carboxylic acids is 2. The molecule has 178 valence electrons. The van der Waals surface area contributed by atoms with Crippen LogP contribution >= 0.6 is 11.3 Å². The van der Waals surface area contributed by atoms with E-state index in [9.17, 15) is 14.7 Å². The average Bonchev–Trinajstić information content (AvgIpc) is 3.30. The summed E-state index contributed by atoms with van der Waals surface area (Å²) in [6.45, 7) is 11.5. The van der Waals surface area contributed by atoms with Crippen LogP contribution in [0.25, 0.3) is 5.76 Å². The molecule has 0 saturated carbocycles. The molecule has 2 heterocycles. The van der Waals surface area contributed by atoms with Crippen LogP contribution in [0.1, 0.15) is 56.2 Å². The number of aryl methyl sites for hydroxylation is 1. The minimum absolute atomic E-state index is 0.100. The van der Waals surface area contributed by atoms with Gasteiger partial charge in [-0.25, -0.2) is 0 Å². The summed E-state index contributed by atoms with van der Waals surface area (Å²) < 4.78 is 11.3. The second kappa shape index (κ2) is 11.0. The van der Waals surface area contributed by atoms with Gasteiger partial charge in [-0.2, -0.15) is 0 Å². The lowest BCUT2D eigenvalue weighted by Gasteiger charge is -2.25. The summed E-state index contributed by atoms with van der Waals surface area (Å²) >= 11 is 1.48. The molecule has 2 aromatic rings. The van der Waals surface area contributed by atoms with Crippen LogP contribution in [0, 0.1) is 12.8 Å². The molecule has 1 aliphatic rings. The van der Waals surface area contributed by atoms with Gasteiger partial charge in [0.15, 0.2) is 0 Å². The van der Waals surface area contributed by atoms with Gasteiger partial charge in [-0.15, -0.1) is 11.3 Å². The van der Waals surface area contributed by atoms with Crippen molar-refractivity contribution in [1.82, 2.24) is 4.90 Å². The van der Waals surface area contributed by atoms with Crippen LogP contribution in [0.4, 0.5) is 0 Å². The van der Waals surface area contributed by atoms with Gasteiger partial charge in [-0.05, 0) is 74.4 Å². The number of aliphatic hydroxyl groups excluding tert-OH is 1. The zero-order chi connectivity index (χ0) is 24.1. The van der Waals surface area contributed by atoms with E-state index in [0.717, 1.165) is 10.4 Å². The quantitative estimate of drug-likeness (QED) is 0.219. The van der Waals surface area contributed by atoms with Crippen molar-refractivity contribution in [2.24, 2.45) is 5.92 Å². The molecule has 7 heteroatoms. The largest absolute Gasteiger partial charge is 0.507 e. The minimum atomic E-state index is -0.657. The van der Waals surface area contributed by atoms with E-state index >= 15 is 0 Å². The molecule has 6 nitrogen and oxygen atoms in total. The first-order chi connectivity index (χ1) is 15.7. The third-order valence-corrected chi connectivity index (χ3v) is 6.47. The maximum Gasteiger partial charge on any atom is 0.295 e. The van der Waals surface area contributed by atoms with Gasteiger partial charge in [-0.1, -0.05) is 13.8 Å². The number of thiophene rings is 1. The van der Waals surface area contributed by atoms with Crippen molar-refractivity contribution in [1.29, 1.82) is 0 Å². The fraction of sp³-hybridized carbons (Fsp3) is 0.462. The summed E-state index contributed by atoms with van der Waals surface area (Å²) in [6.07, 6.45) is 0.705. The maximum absolute atomic E-state index is 13.1. The van der Waals surface area contributed by atoms with E-state index in [0.29, 0.717) is 43.4 Å². The van der Waals surface area contributed by atoms with E-state index in [1.54, 1.807) is 29.2 Å². The number of likely N-dealkylation sites (tertiary alicyclic amines) is 1. The number of hydrogen-bond donors (Lipinski definition) is 1. The van der Waals surface area contributed by atoms with Crippen molar-refractivity contribution in [2.75, 3.05) is 19.8 Å². The summed E-state index contributed by atoms with van der Waals surface area (Å²) in [5.74, 6) is -0.320. The van der Waals surface area contributed by atoms with Crippen LogP contribution in [-0.4, -0.2) is 47.6 Å². The Morgan fingerprint density at radius 3 is 2.39 bits per heavy atom. The van der Waals surface area contributed by atoms with Crippen molar-refractivity contribution in [3.8, 4) is 5.75 Å². The molecule has 0 spiro atoms. The van der Waals surface area contributed by atoms with E-state index in [4.69, 9.17) is 9.47 Å². The van der Waals surface area contributed by atoms with Crippen LogP contribution in [0.15, 0.2) is 41.3 Å². The lowest BCUT2D eigenvalue weighted by Crippen LogP contribution is -2.31. The van der Waals surface area contributed by atoms with E-state index < -0.39 is 17.7 Å². The zero-order valence-electron chi connectivity index (χ0n) is 20.0. The molecule has 1 amide bonds. The fourth-order valence-corrected chi connectivity index (χ4v) is 4.78. The van der Waals surface area contributed by atoms with Crippen molar-refractivity contribution < 1.29 is 24.2 Å². The summed E-state index contributed by atoms with van der Waals surface area (Å²) in [5.41, 5.74) is 1.59. The molecular weight excluding hydrogens is 438 g/mol. The Morgan fingerprint density at radius 1 is 1.12 bits per heavy atom. The van der Waals surface area contributed by atoms with Crippen LogP contribution in [0.3, 0.4) is 0 Å². The Hall–Kier alpha value is -2.64. The molecule has 3 rings (SSSR count). The van der Waals surface area contributed by atoms with Gasteiger partial charge >= 0.3 is 0 Å². The van der Waals surface area contributed by atoms with Crippen LogP contribution in [-0.2, 0) is 14.3 Å². The van der Waals surface area contributed by atoms with Crippen molar-refractivity contribution >= 4 is 28.8 Å². The summed E-state index contributed by atoms with van der Waals surface area (Å²) in [6, 6.07) is 8.31. The standard InChI is InChI=1S/C26H33NO5S/c1-16(2)15-32-20-9-7-19(8-10-20)23(28)21-22(25-18(5)11-14-33-25)27(26(30)24(21)29)12-6-13-31-17(3)4/h7-11,14,16-17,22,28H,6,12-13,15H2,1-5H3/b23-21-. The Bertz CT molecular complexity index is 1010. The second-order valence-electron chi connectivity index (χ2n) is 8.96. The number of rotatable bonds is 10. The van der Waals surface area contributed by atoms with Crippen molar-refractivity contribution in [2.45, 2.75) is 53.2 Å². The molecule has 1 N–H and O–H groups in total. The SMILES string of the molecule is Cc1ccsc1C1/C(=C(/O)c2ccc(OCC(C)C)cc2)C(=O)C(=O)N1CCCOC(C)C. The number of ether oxygens (including phenoxy) is 2. The molecule has 1 fully saturated rings. The van der Waals surface area contributed by atoms with Gasteiger partial charge in [0.2, 0.25) is 0 Å². The van der Waals surface area contributed by atoms with Gasteiger partial charge in [0.25, 0.3) is 11.7 Å². The third-order valence-electron chi connectivity index (χ3n) is 5.40.